The van der Waals surface area contributed by atoms with E-state index in [1.165, 1.54) is 11.1 Å². The first kappa shape index (κ1) is 12.3. The number of hydrogen-bond donors (Lipinski definition) is 0. The van der Waals surface area contributed by atoms with Crippen LogP contribution in [-0.4, -0.2) is 18.6 Å². The molecule has 3 nitrogen and oxygen atoms in total. The lowest BCUT2D eigenvalue weighted by Crippen LogP contribution is -2.18. The second-order valence-corrected chi connectivity index (χ2v) is 5.11. The molecule has 4 heteroatoms. The molecular weight excluding hydrogens is 260 g/mol. The first-order valence-electron chi connectivity index (χ1n) is 6.30. The van der Waals surface area contributed by atoms with Gasteiger partial charge in [0.2, 0.25) is 0 Å². The lowest BCUT2D eigenvalue weighted by Gasteiger charge is -2.19. The second kappa shape index (κ2) is 5.10. The maximum atomic E-state index is 6.15. The third-order valence-corrected chi connectivity index (χ3v) is 3.57. The summed E-state index contributed by atoms with van der Waals surface area (Å²) >= 11 is 6.15. The van der Waals surface area contributed by atoms with Crippen LogP contribution in [-0.2, 0) is 13.0 Å². The number of benzene rings is 1. The van der Waals surface area contributed by atoms with E-state index in [4.69, 9.17) is 16.3 Å². The van der Waals surface area contributed by atoms with Crippen LogP contribution in [0.4, 0.5) is 5.82 Å². The molecule has 0 saturated heterocycles. The Hall–Kier alpha value is -1.74. The molecule has 0 bridgehead atoms. The lowest BCUT2D eigenvalue weighted by atomic mass is 10.1. The molecule has 1 aromatic heterocycles. The van der Waals surface area contributed by atoms with Crippen LogP contribution in [0.2, 0.25) is 5.02 Å². The molecule has 1 aliphatic heterocycles. The van der Waals surface area contributed by atoms with Gasteiger partial charge in [0.05, 0.1) is 11.6 Å². The molecule has 98 valence electrons. The van der Waals surface area contributed by atoms with Crippen LogP contribution in [0.3, 0.4) is 0 Å². The molecule has 0 amide bonds. The summed E-state index contributed by atoms with van der Waals surface area (Å²) in [5.74, 6) is 1.82. The highest BCUT2D eigenvalue weighted by Crippen LogP contribution is 2.27. The zero-order chi connectivity index (χ0) is 13.2. The highest BCUT2D eigenvalue weighted by atomic mass is 35.5. The van der Waals surface area contributed by atoms with Crippen LogP contribution in [0.5, 0.6) is 5.75 Å². The van der Waals surface area contributed by atoms with E-state index in [1.54, 1.807) is 6.20 Å². The average molecular weight is 275 g/mol. The van der Waals surface area contributed by atoms with Crippen molar-refractivity contribution >= 4 is 17.4 Å². The molecule has 0 spiro atoms. The van der Waals surface area contributed by atoms with Crippen molar-refractivity contribution < 1.29 is 4.74 Å². The Bertz CT molecular complexity index is 600. The fourth-order valence-corrected chi connectivity index (χ4v) is 2.61. The molecular formula is C15H15ClN2O. The van der Waals surface area contributed by atoms with Gasteiger partial charge in [0.15, 0.2) is 0 Å². The summed E-state index contributed by atoms with van der Waals surface area (Å²) in [6.45, 7) is 1.57. The van der Waals surface area contributed by atoms with Crippen molar-refractivity contribution in [1.82, 2.24) is 4.98 Å². The number of anilines is 1. The fraction of sp³-hybridized carbons (Fsp3) is 0.267. The molecule has 0 N–H and O–H groups in total. The summed E-state index contributed by atoms with van der Waals surface area (Å²) in [4.78, 5) is 6.37. The largest absolute Gasteiger partial charge is 0.493 e. The molecule has 2 aromatic rings. The first-order chi connectivity index (χ1) is 9.24. The molecule has 3 rings (SSSR count). The number of ether oxygens (including phenoxy) is 1. The molecule has 1 aromatic carbocycles. The third-order valence-electron chi connectivity index (χ3n) is 3.27. The van der Waals surface area contributed by atoms with Gasteiger partial charge in [-0.3, -0.25) is 0 Å². The summed E-state index contributed by atoms with van der Waals surface area (Å²) in [6, 6.07) is 10.0. The molecule has 0 radical (unpaired) electrons. The molecule has 0 saturated carbocycles. The van der Waals surface area contributed by atoms with E-state index in [-0.39, 0.29) is 0 Å². The highest BCUT2D eigenvalue weighted by Gasteiger charge is 2.13. The maximum Gasteiger partial charge on any atom is 0.147 e. The third kappa shape index (κ3) is 2.51. The molecule has 0 atom stereocenters. The Morgan fingerprint density at radius 1 is 1.37 bits per heavy atom. The minimum Gasteiger partial charge on any atom is -0.493 e. The summed E-state index contributed by atoms with van der Waals surface area (Å²) in [7, 11) is 2.00. The monoisotopic (exact) mass is 274 g/mol. The molecule has 2 heterocycles. The quantitative estimate of drug-likeness (QED) is 0.859. The van der Waals surface area contributed by atoms with Crippen LogP contribution in [0.1, 0.15) is 11.1 Å². The van der Waals surface area contributed by atoms with Gasteiger partial charge in [-0.15, -0.1) is 0 Å². The van der Waals surface area contributed by atoms with E-state index in [2.05, 4.69) is 22.0 Å². The lowest BCUT2D eigenvalue weighted by molar-refractivity contribution is 0.357. The molecule has 19 heavy (non-hydrogen) atoms. The number of halogens is 1. The first-order valence-corrected chi connectivity index (χ1v) is 6.68. The Balaban J connectivity index is 1.80. The van der Waals surface area contributed by atoms with E-state index in [1.807, 2.05) is 25.2 Å². The van der Waals surface area contributed by atoms with E-state index in [0.29, 0.717) is 5.02 Å². The number of hydrogen-bond acceptors (Lipinski definition) is 3. The van der Waals surface area contributed by atoms with Crippen LogP contribution < -0.4 is 9.64 Å². The SMILES string of the molecule is CN(Cc1ccc2c(c1)CCO2)c1ncccc1Cl. The van der Waals surface area contributed by atoms with Gasteiger partial charge >= 0.3 is 0 Å². The zero-order valence-corrected chi connectivity index (χ0v) is 11.5. The van der Waals surface area contributed by atoms with Gasteiger partial charge in [-0.2, -0.15) is 0 Å². The molecule has 0 unspecified atom stereocenters. The molecule has 1 aliphatic rings. The van der Waals surface area contributed by atoms with E-state index in [9.17, 15) is 0 Å². The maximum absolute atomic E-state index is 6.15. The Labute approximate surface area is 117 Å². The normalized spacial score (nSPS) is 12.9. The van der Waals surface area contributed by atoms with Gasteiger partial charge in [0, 0.05) is 26.2 Å². The Kier molecular flexibility index (Phi) is 3.30. The van der Waals surface area contributed by atoms with Crippen molar-refractivity contribution in [3.8, 4) is 5.75 Å². The fourth-order valence-electron chi connectivity index (χ4n) is 2.35. The van der Waals surface area contributed by atoms with Gasteiger partial charge < -0.3 is 9.64 Å². The van der Waals surface area contributed by atoms with Gasteiger partial charge in [-0.25, -0.2) is 4.98 Å². The van der Waals surface area contributed by atoms with Crippen molar-refractivity contribution in [1.29, 1.82) is 0 Å². The van der Waals surface area contributed by atoms with Crippen molar-refractivity contribution in [2.45, 2.75) is 13.0 Å². The predicted molar refractivity (Wildman–Crippen MR) is 77.0 cm³/mol. The highest BCUT2D eigenvalue weighted by molar-refractivity contribution is 6.32. The van der Waals surface area contributed by atoms with E-state index < -0.39 is 0 Å². The van der Waals surface area contributed by atoms with Crippen LogP contribution in [0.15, 0.2) is 36.5 Å². The average Bonchev–Trinajstić information content (AvgIpc) is 2.86. The minimum absolute atomic E-state index is 0.675. The second-order valence-electron chi connectivity index (χ2n) is 4.71. The van der Waals surface area contributed by atoms with Gasteiger partial charge in [-0.05, 0) is 29.3 Å². The topological polar surface area (TPSA) is 25.4 Å². The van der Waals surface area contributed by atoms with Gasteiger partial charge in [0.1, 0.15) is 11.6 Å². The number of nitrogens with zero attached hydrogens (tertiary/aromatic N) is 2. The summed E-state index contributed by atoms with van der Waals surface area (Å²) in [5.41, 5.74) is 2.53. The summed E-state index contributed by atoms with van der Waals surface area (Å²) < 4.78 is 5.52. The predicted octanol–water partition coefficient (Wildman–Crippen LogP) is 3.31. The van der Waals surface area contributed by atoms with Crippen LogP contribution in [0, 0.1) is 0 Å². The van der Waals surface area contributed by atoms with Crippen molar-refractivity contribution in [2.75, 3.05) is 18.6 Å². The van der Waals surface area contributed by atoms with E-state index >= 15 is 0 Å². The van der Waals surface area contributed by atoms with Gasteiger partial charge in [-0.1, -0.05) is 23.7 Å². The summed E-state index contributed by atoms with van der Waals surface area (Å²) in [5, 5.41) is 0.675. The van der Waals surface area contributed by atoms with E-state index in [0.717, 1.165) is 31.1 Å². The molecule has 0 aliphatic carbocycles. The minimum atomic E-state index is 0.675. The number of aromatic nitrogens is 1. The van der Waals surface area contributed by atoms with Crippen molar-refractivity contribution in [3.63, 3.8) is 0 Å². The van der Waals surface area contributed by atoms with Crippen LogP contribution >= 0.6 is 11.6 Å². The van der Waals surface area contributed by atoms with Crippen molar-refractivity contribution in [2.24, 2.45) is 0 Å². The standard InChI is InChI=1S/C15H15ClN2O/c1-18(15-13(16)3-2-7-17-15)10-11-4-5-14-12(9-11)6-8-19-14/h2-5,7,9H,6,8,10H2,1H3. The summed E-state index contributed by atoms with van der Waals surface area (Å²) in [6.07, 6.45) is 2.76. The van der Waals surface area contributed by atoms with Crippen molar-refractivity contribution in [3.05, 3.63) is 52.7 Å². The van der Waals surface area contributed by atoms with Gasteiger partial charge in [0.25, 0.3) is 0 Å². The molecule has 0 fully saturated rings. The Morgan fingerprint density at radius 2 is 2.26 bits per heavy atom. The zero-order valence-electron chi connectivity index (χ0n) is 10.8. The number of rotatable bonds is 3. The Morgan fingerprint density at radius 3 is 3.11 bits per heavy atom. The smallest absolute Gasteiger partial charge is 0.147 e. The van der Waals surface area contributed by atoms with Crippen LogP contribution in [0.25, 0.3) is 0 Å². The number of pyridine rings is 1. The number of fused-ring (bicyclic) bond motifs is 1.